The van der Waals surface area contributed by atoms with Gasteiger partial charge in [0.15, 0.2) is 4.98 Å². The van der Waals surface area contributed by atoms with Crippen LogP contribution in [-0.4, -0.2) is 23.9 Å². The Morgan fingerprint density at radius 3 is 2.69 bits per heavy atom. The fourth-order valence-corrected chi connectivity index (χ4v) is 2.03. The number of carbonyl (C=O) groups is 1. The predicted octanol–water partition coefficient (Wildman–Crippen LogP) is 3.06. The Bertz CT molecular complexity index is 461. The Hall–Kier alpha value is -1.60. The molecule has 1 aromatic rings. The third-order valence-corrected chi connectivity index (χ3v) is 2.93. The third kappa shape index (κ3) is 2.00. The molecule has 2 rings (SSSR count). The van der Waals surface area contributed by atoms with Gasteiger partial charge < -0.3 is 4.90 Å². The number of benzene rings is 1. The van der Waals surface area contributed by atoms with E-state index in [-0.39, 0.29) is 11.6 Å². The van der Waals surface area contributed by atoms with Gasteiger partial charge in [-0.3, -0.25) is 4.79 Å². The average Bonchev–Trinajstić information content (AvgIpc) is 2.81. The number of diazo groups is 1. The van der Waals surface area contributed by atoms with Gasteiger partial charge in [-0.1, -0.05) is 11.6 Å². The van der Waals surface area contributed by atoms with Crippen LogP contribution in [0.15, 0.2) is 18.2 Å². The zero-order valence-electron chi connectivity index (χ0n) is 8.69. The van der Waals surface area contributed by atoms with Crippen molar-refractivity contribution in [2.24, 2.45) is 0 Å². The summed E-state index contributed by atoms with van der Waals surface area (Å²) in [7, 11) is 0. The van der Waals surface area contributed by atoms with E-state index in [1.807, 2.05) is 0 Å². The van der Waals surface area contributed by atoms with Crippen LogP contribution in [0.3, 0.4) is 0 Å². The fourth-order valence-electron chi connectivity index (χ4n) is 1.86. The number of likely N-dealkylation sites (tertiary alicyclic amines) is 1. The van der Waals surface area contributed by atoms with E-state index in [0.29, 0.717) is 10.6 Å². The van der Waals surface area contributed by atoms with E-state index in [4.69, 9.17) is 17.0 Å². The second kappa shape index (κ2) is 4.50. The summed E-state index contributed by atoms with van der Waals surface area (Å²) in [6, 6.07) is 4.67. The topological polar surface area (TPSA) is 48.5 Å². The molecule has 4 nitrogen and oxygen atoms in total. The Morgan fingerprint density at radius 2 is 2.06 bits per heavy atom. The Kier molecular flexibility index (Phi) is 3.07. The first-order valence-corrected chi connectivity index (χ1v) is 5.54. The minimum atomic E-state index is -0.118. The van der Waals surface area contributed by atoms with E-state index in [9.17, 15) is 4.79 Å². The summed E-state index contributed by atoms with van der Waals surface area (Å²) >= 11 is 5.83. The van der Waals surface area contributed by atoms with Gasteiger partial charge in [-0.05, 0) is 25.0 Å². The summed E-state index contributed by atoms with van der Waals surface area (Å²) in [6.45, 7) is 1.52. The van der Waals surface area contributed by atoms with Gasteiger partial charge in [0, 0.05) is 24.2 Å². The van der Waals surface area contributed by atoms with Crippen LogP contribution in [0.1, 0.15) is 23.2 Å². The maximum atomic E-state index is 12.1. The first-order chi connectivity index (χ1) is 7.72. The predicted molar refractivity (Wildman–Crippen MR) is 61.3 cm³/mol. The summed E-state index contributed by atoms with van der Waals surface area (Å²) in [5.74, 6) is -0.118. The largest absolute Gasteiger partial charge is 0.397 e. The van der Waals surface area contributed by atoms with Crippen molar-refractivity contribution >= 4 is 23.2 Å². The maximum absolute atomic E-state index is 12.1. The van der Waals surface area contributed by atoms with Crippen molar-refractivity contribution in [1.29, 1.82) is 5.39 Å². The number of amides is 1. The number of carbonyl (C=O) groups excluding carboxylic acids is 1. The molecule has 0 radical (unpaired) electrons. The molecule has 5 heteroatoms. The molecule has 1 aliphatic rings. The van der Waals surface area contributed by atoms with Crippen LogP contribution in [0, 0.1) is 5.39 Å². The van der Waals surface area contributed by atoms with Crippen molar-refractivity contribution in [3.8, 4) is 0 Å². The highest BCUT2D eigenvalue weighted by Gasteiger charge is 2.27. The first kappa shape index (κ1) is 10.9. The van der Waals surface area contributed by atoms with Gasteiger partial charge in [0.25, 0.3) is 5.91 Å². The van der Waals surface area contributed by atoms with E-state index in [2.05, 4.69) is 4.98 Å². The molecule has 1 aliphatic heterocycles. The molecule has 82 valence electrons. The highest BCUT2D eigenvalue weighted by Crippen LogP contribution is 2.25. The number of hydrogen-bond donors (Lipinski definition) is 0. The molecule has 1 amide bonds. The zero-order valence-corrected chi connectivity index (χ0v) is 9.44. The molecule has 0 aliphatic carbocycles. The molecule has 0 unspecified atom stereocenters. The number of halogens is 1. The smallest absolute Gasteiger partial charge is 0.338 e. The summed E-state index contributed by atoms with van der Waals surface area (Å²) in [5.41, 5.74) is 0.623. The molecule has 1 aromatic carbocycles. The lowest BCUT2D eigenvalue weighted by Crippen LogP contribution is -2.27. The van der Waals surface area contributed by atoms with Crippen LogP contribution in [0.5, 0.6) is 0 Å². The van der Waals surface area contributed by atoms with Crippen LogP contribution < -0.4 is 0 Å². The van der Waals surface area contributed by atoms with E-state index in [0.717, 1.165) is 25.9 Å². The molecule has 0 bridgehead atoms. The van der Waals surface area contributed by atoms with Crippen molar-refractivity contribution in [1.82, 2.24) is 4.90 Å². The Labute approximate surface area is 98.4 Å². The second-order valence-electron chi connectivity index (χ2n) is 3.76. The molecule has 0 aromatic heterocycles. The molecule has 1 heterocycles. The molecule has 1 saturated heterocycles. The molecule has 16 heavy (non-hydrogen) atoms. The maximum Gasteiger partial charge on any atom is 0.397 e. The van der Waals surface area contributed by atoms with Crippen molar-refractivity contribution < 1.29 is 4.79 Å². The van der Waals surface area contributed by atoms with E-state index >= 15 is 0 Å². The van der Waals surface area contributed by atoms with Crippen molar-refractivity contribution in [3.05, 3.63) is 33.8 Å². The lowest BCUT2D eigenvalue weighted by Gasteiger charge is -2.13. The Balaban J connectivity index is 2.35. The van der Waals surface area contributed by atoms with Crippen molar-refractivity contribution in [3.63, 3.8) is 0 Å². The Morgan fingerprint density at radius 1 is 1.38 bits per heavy atom. The van der Waals surface area contributed by atoms with Gasteiger partial charge in [-0.2, -0.15) is 0 Å². The number of rotatable bonds is 1. The van der Waals surface area contributed by atoms with Gasteiger partial charge in [-0.15, -0.1) is 0 Å². The second-order valence-corrected chi connectivity index (χ2v) is 4.20. The van der Waals surface area contributed by atoms with Crippen molar-refractivity contribution in [2.45, 2.75) is 12.8 Å². The van der Waals surface area contributed by atoms with Crippen LogP contribution in [-0.2, 0) is 0 Å². The van der Waals surface area contributed by atoms with Crippen LogP contribution in [0.2, 0.25) is 5.02 Å². The molecule has 0 saturated carbocycles. The minimum absolute atomic E-state index is 0.118. The minimum Gasteiger partial charge on any atom is -0.338 e. The van der Waals surface area contributed by atoms with Gasteiger partial charge in [-0.25, -0.2) is 0 Å². The van der Waals surface area contributed by atoms with E-state index in [1.54, 1.807) is 11.0 Å². The van der Waals surface area contributed by atoms with Crippen LogP contribution in [0.4, 0.5) is 5.69 Å². The van der Waals surface area contributed by atoms with Crippen molar-refractivity contribution in [2.75, 3.05) is 13.1 Å². The summed E-state index contributed by atoms with van der Waals surface area (Å²) in [4.78, 5) is 16.9. The highest BCUT2D eigenvalue weighted by molar-refractivity contribution is 6.31. The van der Waals surface area contributed by atoms with E-state index < -0.39 is 0 Å². The molecule has 0 N–H and O–H groups in total. The van der Waals surface area contributed by atoms with Gasteiger partial charge in [0.05, 0.1) is 0 Å². The monoisotopic (exact) mass is 236 g/mol. The summed E-state index contributed by atoms with van der Waals surface area (Å²) in [6.07, 6.45) is 2.05. The third-order valence-electron chi connectivity index (χ3n) is 2.69. The van der Waals surface area contributed by atoms with Crippen LogP contribution in [0.25, 0.3) is 4.98 Å². The first-order valence-electron chi connectivity index (χ1n) is 5.16. The molecule has 0 atom stereocenters. The lowest BCUT2D eigenvalue weighted by molar-refractivity contribution is 0.0794. The SMILES string of the molecule is N#[N+]c1ccc(Cl)cc1C(=O)N1CCCC1. The van der Waals surface area contributed by atoms with E-state index in [1.165, 1.54) is 12.1 Å². The molecule has 1 fully saturated rings. The highest BCUT2D eigenvalue weighted by atomic mass is 35.5. The van der Waals surface area contributed by atoms with Crippen LogP contribution >= 0.6 is 11.6 Å². The molecule has 0 spiro atoms. The standard InChI is InChI=1S/C11H11ClN3O/c12-8-3-4-10(14-13)9(7-8)11(16)15-5-1-2-6-15/h3-4,7H,1-2,5-6H2/q+1. The molecular formula is C11H11ClN3O+. The number of hydrogen-bond acceptors (Lipinski definition) is 2. The normalized spacial score (nSPS) is 14.9. The number of nitrogens with zero attached hydrogens (tertiary/aromatic N) is 3. The fraction of sp³-hybridized carbons (Fsp3) is 0.364. The average molecular weight is 237 g/mol. The summed E-state index contributed by atoms with van der Waals surface area (Å²) in [5, 5.41) is 9.28. The van der Waals surface area contributed by atoms with Gasteiger partial charge in [0.1, 0.15) is 5.56 Å². The molecular weight excluding hydrogens is 226 g/mol. The van der Waals surface area contributed by atoms with Gasteiger partial charge >= 0.3 is 5.69 Å². The quantitative estimate of drug-likeness (QED) is 0.704. The zero-order chi connectivity index (χ0) is 11.5. The van der Waals surface area contributed by atoms with Gasteiger partial charge in [0.2, 0.25) is 5.39 Å². The lowest BCUT2D eigenvalue weighted by atomic mass is 10.1. The summed E-state index contributed by atoms with van der Waals surface area (Å²) < 4.78 is 0.